The molecule has 5 unspecified atom stereocenters. The van der Waals surface area contributed by atoms with E-state index in [1.54, 1.807) is 23.3 Å². The van der Waals surface area contributed by atoms with Gasteiger partial charge in [-0.05, 0) is 12.1 Å². The Balaban J connectivity index is 1.51. The first-order valence-corrected chi connectivity index (χ1v) is 8.16. The van der Waals surface area contributed by atoms with Gasteiger partial charge in [-0.15, -0.1) is 0 Å². The highest BCUT2D eigenvalue weighted by Crippen LogP contribution is 2.44. The molecule has 134 valence electrons. The summed E-state index contributed by atoms with van der Waals surface area (Å²) >= 11 is 0. The van der Waals surface area contributed by atoms with Crippen LogP contribution in [0.4, 0.5) is 5.82 Å². The fourth-order valence-corrected chi connectivity index (χ4v) is 3.44. The molecule has 0 radical (unpaired) electrons. The van der Waals surface area contributed by atoms with Gasteiger partial charge in [0.25, 0.3) is 0 Å². The van der Waals surface area contributed by atoms with Crippen molar-refractivity contribution in [2.24, 2.45) is 0 Å². The summed E-state index contributed by atoms with van der Waals surface area (Å²) in [5.41, 5.74) is 7.74. The molecule has 0 saturated carbocycles. The fraction of sp³-hybridized carbons (Fsp3) is 0.375. The molecule has 0 spiro atoms. The number of imidazole rings is 1. The number of hydrogen-bond acceptors (Lipinski definition) is 9. The Bertz CT molecular complexity index is 935. The molecule has 2 saturated heterocycles. The number of nitrogens with zero attached hydrogens (tertiary/aromatic N) is 5. The average Bonchev–Trinajstić information content (AvgIpc) is 3.36. The van der Waals surface area contributed by atoms with E-state index in [4.69, 9.17) is 19.9 Å². The van der Waals surface area contributed by atoms with E-state index >= 15 is 0 Å². The zero-order valence-corrected chi connectivity index (χ0v) is 13.5. The first-order valence-electron chi connectivity index (χ1n) is 8.16. The third kappa shape index (κ3) is 2.27. The predicted molar refractivity (Wildman–Crippen MR) is 87.5 cm³/mol. The molecule has 0 aliphatic carbocycles. The molecular formula is C16H16N6O4. The quantitative estimate of drug-likeness (QED) is 0.674. The summed E-state index contributed by atoms with van der Waals surface area (Å²) in [7, 11) is 0. The molecule has 0 aromatic carbocycles. The number of aliphatic hydroxyl groups excluding tert-OH is 1. The van der Waals surface area contributed by atoms with Gasteiger partial charge in [0.2, 0.25) is 0 Å². The van der Waals surface area contributed by atoms with E-state index in [1.807, 2.05) is 12.1 Å². The van der Waals surface area contributed by atoms with Crippen LogP contribution in [0, 0.1) is 0 Å². The van der Waals surface area contributed by atoms with Crippen molar-refractivity contribution < 1.29 is 19.3 Å². The summed E-state index contributed by atoms with van der Waals surface area (Å²) in [6, 6.07) is 3.66. The van der Waals surface area contributed by atoms with Crippen LogP contribution in [0.25, 0.3) is 11.2 Å². The van der Waals surface area contributed by atoms with Gasteiger partial charge in [0, 0.05) is 18.0 Å². The van der Waals surface area contributed by atoms with E-state index in [9.17, 15) is 5.11 Å². The Morgan fingerprint density at radius 1 is 1.08 bits per heavy atom. The van der Waals surface area contributed by atoms with Gasteiger partial charge in [-0.3, -0.25) is 9.55 Å². The van der Waals surface area contributed by atoms with Crippen molar-refractivity contribution in [2.45, 2.75) is 30.8 Å². The topological polar surface area (TPSA) is 130 Å². The highest BCUT2D eigenvalue weighted by molar-refractivity contribution is 5.81. The van der Waals surface area contributed by atoms with E-state index in [1.165, 1.54) is 6.33 Å². The third-order valence-electron chi connectivity index (χ3n) is 4.67. The highest BCUT2D eigenvalue weighted by Gasteiger charge is 2.53. The molecule has 2 aliphatic rings. The standard InChI is InChI=1S/C16H16N6O4/c17-13-10-14(20-6-19-13)22(7-21-10)15-12-11(9(5-23)24-15)25-16(26-12)8-1-3-18-4-2-8/h1-4,6-7,9,11-12,15-16,23H,5H2,(H2,17,19,20). The second kappa shape index (κ2) is 5.95. The van der Waals surface area contributed by atoms with Gasteiger partial charge in [-0.1, -0.05) is 0 Å². The Labute approximate surface area is 147 Å². The van der Waals surface area contributed by atoms with Crippen LogP contribution in [0.15, 0.2) is 37.2 Å². The van der Waals surface area contributed by atoms with Crippen molar-refractivity contribution in [3.63, 3.8) is 0 Å². The second-order valence-corrected chi connectivity index (χ2v) is 6.14. The van der Waals surface area contributed by atoms with Crippen molar-refractivity contribution in [3.05, 3.63) is 42.7 Å². The van der Waals surface area contributed by atoms with Gasteiger partial charge in [-0.25, -0.2) is 15.0 Å². The van der Waals surface area contributed by atoms with Gasteiger partial charge in [0.1, 0.15) is 30.2 Å². The van der Waals surface area contributed by atoms with Crippen LogP contribution >= 0.6 is 0 Å². The molecule has 5 atom stereocenters. The molecule has 0 amide bonds. The smallest absolute Gasteiger partial charge is 0.185 e. The number of nitrogens with two attached hydrogens (primary N) is 1. The van der Waals surface area contributed by atoms with Crippen LogP contribution in [0.5, 0.6) is 0 Å². The zero-order valence-electron chi connectivity index (χ0n) is 13.5. The van der Waals surface area contributed by atoms with Gasteiger partial charge in [0.15, 0.2) is 24.0 Å². The van der Waals surface area contributed by atoms with Gasteiger partial charge >= 0.3 is 0 Å². The Morgan fingerprint density at radius 2 is 1.88 bits per heavy atom. The lowest BCUT2D eigenvalue weighted by molar-refractivity contribution is -0.153. The number of fused-ring (bicyclic) bond motifs is 2. The zero-order chi connectivity index (χ0) is 17.7. The molecule has 0 bridgehead atoms. The fourth-order valence-electron chi connectivity index (χ4n) is 3.44. The lowest BCUT2D eigenvalue weighted by Crippen LogP contribution is -2.30. The second-order valence-electron chi connectivity index (χ2n) is 6.14. The first kappa shape index (κ1) is 15.6. The van der Waals surface area contributed by atoms with Gasteiger partial charge in [0.05, 0.1) is 12.9 Å². The maximum absolute atomic E-state index is 9.70. The number of aromatic nitrogens is 5. The molecule has 3 aromatic heterocycles. The molecule has 2 fully saturated rings. The van der Waals surface area contributed by atoms with Crippen LogP contribution in [-0.4, -0.2) is 54.5 Å². The highest BCUT2D eigenvalue weighted by atomic mass is 16.8. The van der Waals surface area contributed by atoms with Crippen LogP contribution in [0.1, 0.15) is 18.1 Å². The number of rotatable bonds is 3. The molecule has 2 aliphatic heterocycles. The van der Waals surface area contributed by atoms with Crippen molar-refractivity contribution >= 4 is 17.0 Å². The summed E-state index contributed by atoms with van der Waals surface area (Å²) in [5, 5.41) is 9.70. The minimum absolute atomic E-state index is 0.187. The van der Waals surface area contributed by atoms with Crippen LogP contribution in [0.3, 0.4) is 0 Å². The van der Waals surface area contributed by atoms with E-state index in [2.05, 4.69) is 19.9 Å². The number of anilines is 1. The summed E-state index contributed by atoms with van der Waals surface area (Å²) in [5.74, 6) is 0.292. The van der Waals surface area contributed by atoms with Crippen molar-refractivity contribution in [1.29, 1.82) is 0 Å². The summed E-state index contributed by atoms with van der Waals surface area (Å²) in [6.07, 6.45) is 3.84. The van der Waals surface area contributed by atoms with E-state index < -0.39 is 30.8 Å². The number of nitrogen functional groups attached to an aromatic ring is 1. The summed E-state index contributed by atoms with van der Waals surface area (Å²) in [4.78, 5) is 16.5. The lowest BCUT2D eigenvalue weighted by atomic mass is 10.1. The van der Waals surface area contributed by atoms with E-state index in [0.29, 0.717) is 17.0 Å². The minimum Gasteiger partial charge on any atom is -0.394 e. The predicted octanol–water partition coefficient (Wildman–Crippen LogP) is 0.176. The maximum atomic E-state index is 9.70. The number of hydrogen-bond donors (Lipinski definition) is 2. The van der Waals surface area contributed by atoms with Crippen LogP contribution in [0.2, 0.25) is 0 Å². The maximum Gasteiger partial charge on any atom is 0.185 e. The first-order chi connectivity index (χ1) is 12.8. The molecule has 3 N–H and O–H groups in total. The monoisotopic (exact) mass is 356 g/mol. The molecule has 10 nitrogen and oxygen atoms in total. The molecule has 3 aromatic rings. The largest absolute Gasteiger partial charge is 0.394 e. The minimum atomic E-state index is -0.553. The summed E-state index contributed by atoms with van der Waals surface area (Å²) in [6.45, 7) is -0.187. The molecule has 5 heterocycles. The van der Waals surface area contributed by atoms with Crippen LogP contribution < -0.4 is 5.73 Å². The van der Waals surface area contributed by atoms with Crippen molar-refractivity contribution in [3.8, 4) is 0 Å². The lowest BCUT2D eigenvalue weighted by Gasteiger charge is -2.20. The number of aliphatic hydroxyl groups is 1. The SMILES string of the molecule is Nc1ncnc2c1ncn2C1OC(CO)C2OC(c3ccncc3)OC21. The Hall–Kier alpha value is -2.66. The van der Waals surface area contributed by atoms with E-state index in [0.717, 1.165) is 5.56 Å². The molecule has 26 heavy (non-hydrogen) atoms. The normalized spacial score (nSPS) is 30.7. The van der Waals surface area contributed by atoms with Crippen molar-refractivity contribution in [2.75, 3.05) is 12.3 Å². The average molecular weight is 356 g/mol. The van der Waals surface area contributed by atoms with Crippen LogP contribution in [-0.2, 0) is 14.2 Å². The Morgan fingerprint density at radius 3 is 2.69 bits per heavy atom. The number of pyridine rings is 1. The molecular weight excluding hydrogens is 340 g/mol. The molecule has 5 rings (SSSR count). The number of ether oxygens (including phenoxy) is 3. The summed E-state index contributed by atoms with van der Waals surface area (Å²) < 4.78 is 19.8. The van der Waals surface area contributed by atoms with E-state index in [-0.39, 0.29) is 6.61 Å². The molecule has 10 heteroatoms. The van der Waals surface area contributed by atoms with Crippen molar-refractivity contribution in [1.82, 2.24) is 24.5 Å². The van der Waals surface area contributed by atoms with Gasteiger partial charge in [-0.2, -0.15) is 0 Å². The Kier molecular flexibility index (Phi) is 3.57. The van der Waals surface area contributed by atoms with Gasteiger partial charge < -0.3 is 25.1 Å². The third-order valence-corrected chi connectivity index (χ3v) is 4.67.